The molecule has 3 aromatic rings. The zero-order chi connectivity index (χ0) is 19.9. The molecular formula is C19H17FN4O2S2. The molecule has 1 aromatic heterocycles. The van der Waals surface area contributed by atoms with Gasteiger partial charge in [0.15, 0.2) is 5.11 Å². The molecule has 9 heteroatoms. The zero-order valence-electron chi connectivity index (χ0n) is 14.9. The number of hydrazine groups is 1. The summed E-state index contributed by atoms with van der Waals surface area (Å²) in [5.41, 5.74) is 6.52. The molecule has 6 nitrogen and oxygen atoms in total. The van der Waals surface area contributed by atoms with E-state index in [2.05, 4.69) is 21.2 Å². The third-order valence-electron chi connectivity index (χ3n) is 3.58. The second-order valence-electron chi connectivity index (χ2n) is 5.74. The van der Waals surface area contributed by atoms with Crippen LogP contribution in [0.4, 0.5) is 10.1 Å². The molecule has 1 amide bonds. The van der Waals surface area contributed by atoms with E-state index in [0.29, 0.717) is 5.01 Å². The third kappa shape index (κ3) is 5.48. The average molecular weight is 417 g/mol. The van der Waals surface area contributed by atoms with E-state index in [1.807, 2.05) is 31.2 Å². The Kier molecular flexibility index (Phi) is 6.51. The number of para-hydroxylation sites is 1. The van der Waals surface area contributed by atoms with Crippen molar-refractivity contribution in [3.63, 3.8) is 0 Å². The smallest absolute Gasteiger partial charge is 0.289 e. The normalized spacial score (nSPS) is 10.2. The average Bonchev–Trinajstić information content (AvgIpc) is 3.17. The highest BCUT2D eigenvalue weighted by atomic mass is 32.1. The second kappa shape index (κ2) is 9.25. The third-order valence-corrected chi connectivity index (χ3v) is 4.61. The molecule has 0 bridgehead atoms. The molecule has 0 unspecified atom stereocenters. The van der Waals surface area contributed by atoms with E-state index < -0.39 is 11.7 Å². The molecule has 0 saturated heterocycles. The molecule has 0 radical (unpaired) electrons. The van der Waals surface area contributed by atoms with E-state index in [-0.39, 0.29) is 23.1 Å². The SMILES string of the molecule is Cc1ccc(OCc2nc(C(=O)NNC(=S)Nc3ccccc3F)cs2)cc1. The zero-order valence-corrected chi connectivity index (χ0v) is 16.5. The summed E-state index contributed by atoms with van der Waals surface area (Å²) in [6.45, 7) is 2.27. The molecule has 3 N–H and O–H groups in total. The van der Waals surface area contributed by atoms with Crippen LogP contribution in [0.15, 0.2) is 53.9 Å². The Morgan fingerprint density at radius 1 is 1.18 bits per heavy atom. The van der Waals surface area contributed by atoms with Gasteiger partial charge in [0.05, 0.1) is 5.69 Å². The molecule has 144 valence electrons. The largest absolute Gasteiger partial charge is 0.486 e. The van der Waals surface area contributed by atoms with Crippen LogP contribution in [0.3, 0.4) is 0 Å². The molecule has 0 fully saturated rings. The number of hydrogen-bond acceptors (Lipinski definition) is 5. The number of nitrogens with zero attached hydrogens (tertiary/aromatic N) is 1. The first-order valence-electron chi connectivity index (χ1n) is 8.27. The molecule has 2 aromatic carbocycles. The van der Waals surface area contributed by atoms with Gasteiger partial charge in [0, 0.05) is 5.38 Å². The van der Waals surface area contributed by atoms with Gasteiger partial charge in [-0.05, 0) is 43.4 Å². The van der Waals surface area contributed by atoms with Crippen molar-refractivity contribution in [3.8, 4) is 5.75 Å². The van der Waals surface area contributed by atoms with E-state index >= 15 is 0 Å². The fourth-order valence-corrected chi connectivity index (χ4v) is 3.00. The molecule has 0 spiro atoms. The number of thiazole rings is 1. The number of carbonyl (C=O) groups excluding carboxylic acids is 1. The number of aryl methyl sites for hydroxylation is 1. The Morgan fingerprint density at radius 2 is 1.93 bits per heavy atom. The number of hydrogen-bond donors (Lipinski definition) is 3. The van der Waals surface area contributed by atoms with Gasteiger partial charge in [-0.2, -0.15) is 0 Å². The number of amides is 1. The van der Waals surface area contributed by atoms with Gasteiger partial charge in [-0.1, -0.05) is 29.8 Å². The summed E-state index contributed by atoms with van der Waals surface area (Å²) in [5.74, 6) is -0.177. The van der Waals surface area contributed by atoms with Gasteiger partial charge in [0.1, 0.15) is 28.9 Å². The number of aromatic nitrogens is 1. The highest BCUT2D eigenvalue weighted by Gasteiger charge is 2.12. The monoisotopic (exact) mass is 416 g/mol. The summed E-state index contributed by atoms with van der Waals surface area (Å²) in [5, 5.41) is 5.00. The van der Waals surface area contributed by atoms with Crippen molar-refractivity contribution in [3.05, 3.63) is 76.0 Å². The van der Waals surface area contributed by atoms with Crippen LogP contribution < -0.4 is 20.9 Å². The maximum atomic E-state index is 13.6. The summed E-state index contributed by atoms with van der Waals surface area (Å²) in [7, 11) is 0. The maximum Gasteiger partial charge on any atom is 0.289 e. The van der Waals surface area contributed by atoms with Gasteiger partial charge < -0.3 is 10.1 Å². The number of carbonyl (C=O) groups is 1. The fourth-order valence-electron chi connectivity index (χ4n) is 2.15. The maximum absolute atomic E-state index is 13.6. The molecule has 3 rings (SSSR count). The Balaban J connectivity index is 1.47. The minimum Gasteiger partial charge on any atom is -0.486 e. The lowest BCUT2D eigenvalue weighted by Gasteiger charge is -2.11. The lowest BCUT2D eigenvalue weighted by Crippen LogP contribution is -2.44. The molecular weight excluding hydrogens is 399 g/mol. The summed E-state index contributed by atoms with van der Waals surface area (Å²) in [6.07, 6.45) is 0. The van der Waals surface area contributed by atoms with E-state index in [1.54, 1.807) is 17.5 Å². The number of halogens is 1. The minimum atomic E-state index is -0.462. The summed E-state index contributed by atoms with van der Waals surface area (Å²) in [6, 6.07) is 13.8. The van der Waals surface area contributed by atoms with Crippen molar-refractivity contribution in [2.24, 2.45) is 0 Å². The van der Waals surface area contributed by atoms with E-state index in [1.165, 1.54) is 23.5 Å². The lowest BCUT2D eigenvalue weighted by molar-refractivity contribution is 0.0939. The summed E-state index contributed by atoms with van der Waals surface area (Å²) >= 11 is 6.35. The molecule has 0 saturated carbocycles. The van der Waals surface area contributed by atoms with Crippen LogP contribution in [0.5, 0.6) is 5.75 Å². The van der Waals surface area contributed by atoms with E-state index in [4.69, 9.17) is 17.0 Å². The van der Waals surface area contributed by atoms with Crippen molar-refractivity contribution < 1.29 is 13.9 Å². The van der Waals surface area contributed by atoms with Gasteiger partial charge in [-0.25, -0.2) is 9.37 Å². The molecule has 0 aliphatic heterocycles. The summed E-state index contributed by atoms with van der Waals surface area (Å²) in [4.78, 5) is 16.4. The lowest BCUT2D eigenvalue weighted by atomic mass is 10.2. The van der Waals surface area contributed by atoms with Crippen LogP contribution in [0.2, 0.25) is 0 Å². The Hall–Kier alpha value is -3.04. The number of nitrogens with one attached hydrogen (secondary N) is 3. The van der Waals surface area contributed by atoms with Crippen molar-refractivity contribution in [1.82, 2.24) is 15.8 Å². The number of rotatable bonds is 5. The van der Waals surface area contributed by atoms with Crippen LogP contribution in [-0.4, -0.2) is 16.0 Å². The molecule has 28 heavy (non-hydrogen) atoms. The number of benzene rings is 2. The first kappa shape index (κ1) is 19.7. The summed E-state index contributed by atoms with van der Waals surface area (Å²) < 4.78 is 19.2. The molecule has 1 heterocycles. The quantitative estimate of drug-likeness (QED) is 0.434. The van der Waals surface area contributed by atoms with Crippen molar-refractivity contribution in [2.75, 3.05) is 5.32 Å². The fraction of sp³-hybridized carbons (Fsp3) is 0.105. The second-order valence-corrected chi connectivity index (χ2v) is 7.09. The van der Waals surface area contributed by atoms with Crippen molar-refractivity contribution in [1.29, 1.82) is 0 Å². The van der Waals surface area contributed by atoms with E-state index in [0.717, 1.165) is 11.3 Å². The Morgan fingerprint density at radius 3 is 2.68 bits per heavy atom. The van der Waals surface area contributed by atoms with Gasteiger partial charge in [-0.15, -0.1) is 11.3 Å². The highest BCUT2D eigenvalue weighted by molar-refractivity contribution is 7.80. The Labute approximate surface area is 170 Å². The van der Waals surface area contributed by atoms with Crippen LogP contribution in [0, 0.1) is 12.7 Å². The van der Waals surface area contributed by atoms with Crippen molar-refractivity contribution >= 4 is 40.3 Å². The van der Waals surface area contributed by atoms with E-state index in [9.17, 15) is 9.18 Å². The highest BCUT2D eigenvalue weighted by Crippen LogP contribution is 2.16. The minimum absolute atomic E-state index is 0.0524. The van der Waals surface area contributed by atoms with Crippen LogP contribution in [0.25, 0.3) is 0 Å². The van der Waals surface area contributed by atoms with Gasteiger partial charge in [0.25, 0.3) is 5.91 Å². The predicted molar refractivity (Wildman–Crippen MR) is 111 cm³/mol. The van der Waals surface area contributed by atoms with Gasteiger partial charge >= 0.3 is 0 Å². The number of thiocarbonyl (C=S) groups is 1. The predicted octanol–water partition coefficient (Wildman–Crippen LogP) is 3.80. The number of anilines is 1. The van der Waals surface area contributed by atoms with Crippen LogP contribution in [-0.2, 0) is 6.61 Å². The van der Waals surface area contributed by atoms with Crippen LogP contribution in [0.1, 0.15) is 21.1 Å². The van der Waals surface area contributed by atoms with Crippen LogP contribution >= 0.6 is 23.6 Å². The van der Waals surface area contributed by atoms with Crippen molar-refractivity contribution in [2.45, 2.75) is 13.5 Å². The first-order chi connectivity index (χ1) is 13.5. The Bertz CT molecular complexity index is 976. The molecule has 0 aliphatic rings. The first-order valence-corrected chi connectivity index (χ1v) is 9.56. The van der Waals surface area contributed by atoms with Gasteiger partial charge in [0.2, 0.25) is 0 Å². The standard InChI is InChI=1S/C19H17FN4O2S2/c1-12-6-8-13(9-7-12)26-10-17-21-16(11-28-17)18(25)23-24-19(27)22-15-5-3-2-4-14(15)20/h2-9,11H,10H2,1H3,(H,23,25)(H2,22,24,27). The van der Waals surface area contributed by atoms with Gasteiger partial charge in [-0.3, -0.25) is 15.6 Å². The number of ether oxygens (including phenoxy) is 1. The molecule has 0 aliphatic carbocycles. The topological polar surface area (TPSA) is 75.3 Å². The molecule has 0 atom stereocenters.